The van der Waals surface area contributed by atoms with Gasteiger partial charge in [0.15, 0.2) is 0 Å². The quantitative estimate of drug-likeness (QED) is 0.756. The van der Waals surface area contributed by atoms with Crippen LogP contribution in [0.25, 0.3) is 0 Å². The van der Waals surface area contributed by atoms with E-state index < -0.39 is 15.6 Å². The average molecular weight is 322 g/mol. The highest BCUT2D eigenvalue weighted by Gasteiger charge is 2.23. The fraction of sp³-hybridized carbons (Fsp3) is 0.400. The van der Waals surface area contributed by atoms with E-state index in [1.807, 2.05) is 32.9 Å². The van der Waals surface area contributed by atoms with Crippen molar-refractivity contribution in [3.8, 4) is 0 Å². The van der Waals surface area contributed by atoms with Crippen molar-refractivity contribution in [3.05, 3.63) is 48.0 Å². The van der Waals surface area contributed by atoms with Crippen molar-refractivity contribution in [3.63, 3.8) is 0 Å². The van der Waals surface area contributed by atoms with Gasteiger partial charge in [0.2, 0.25) is 10.0 Å². The molecule has 0 atom stereocenters. The molecular weight excluding hydrogens is 300 g/mol. The SMILES string of the molecule is CC(C)(C)NS(=O)(=O)c1ccccc1CNCc1ncc[nH]1. The number of imidazole rings is 1. The molecule has 0 saturated carbocycles. The minimum atomic E-state index is -3.55. The fourth-order valence-electron chi connectivity index (χ4n) is 2.08. The lowest BCUT2D eigenvalue weighted by atomic mass is 10.1. The van der Waals surface area contributed by atoms with Crippen molar-refractivity contribution in [1.29, 1.82) is 0 Å². The van der Waals surface area contributed by atoms with Gasteiger partial charge in [-0.2, -0.15) is 0 Å². The molecule has 1 heterocycles. The fourth-order valence-corrected chi connectivity index (χ4v) is 3.74. The van der Waals surface area contributed by atoms with E-state index in [2.05, 4.69) is 20.0 Å². The molecule has 3 N–H and O–H groups in total. The maximum absolute atomic E-state index is 12.5. The largest absolute Gasteiger partial charge is 0.348 e. The molecule has 1 aromatic carbocycles. The molecule has 0 aliphatic carbocycles. The van der Waals surface area contributed by atoms with Gasteiger partial charge in [-0.15, -0.1) is 0 Å². The van der Waals surface area contributed by atoms with Gasteiger partial charge in [-0.3, -0.25) is 0 Å². The molecule has 7 heteroatoms. The first-order valence-electron chi connectivity index (χ1n) is 7.09. The van der Waals surface area contributed by atoms with Gasteiger partial charge in [-0.05, 0) is 32.4 Å². The van der Waals surface area contributed by atoms with Gasteiger partial charge in [0.05, 0.1) is 11.4 Å². The molecule has 0 radical (unpaired) electrons. The van der Waals surface area contributed by atoms with Crippen LogP contribution in [-0.2, 0) is 23.1 Å². The van der Waals surface area contributed by atoms with E-state index in [9.17, 15) is 8.42 Å². The second kappa shape index (κ2) is 6.60. The van der Waals surface area contributed by atoms with Gasteiger partial charge in [-0.1, -0.05) is 18.2 Å². The monoisotopic (exact) mass is 322 g/mol. The lowest BCUT2D eigenvalue weighted by molar-refractivity contribution is 0.490. The van der Waals surface area contributed by atoms with Crippen molar-refractivity contribution in [1.82, 2.24) is 20.0 Å². The first-order valence-corrected chi connectivity index (χ1v) is 8.57. The highest BCUT2D eigenvalue weighted by Crippen LogP contribution is 2.17. The number of benzene rings is 1. The Morgan fingerprint density at radius 3 is 2.55 bits per heavy atom. The number of nitrogens with zero attached hydrogens (tertiary/aromatic N) is 1. The first kappa shape index (κ1) is 16.7. The summed E-state index contributed by atoms with van der Waals surface area (Å²) < 4.78 is 27.7. The molecule has 0 aliphatic heterocycles. The number of nitrogens with one attached hydrogen (secondary N) is 3. The number of H-pyrrole nitrogens is 1. The van der Waals surface area contributed by atoms with E-state index >= 15 is 0 Å². The number of rotatable bonds is 6. The molecule has 6 nitrogen and oxygen atoms in total. The van der Waals surface area contributed by atoms with Crippen molar-refractivity contribution in [2.24, 2.45) is 0 Å². The Labute approximate surface area is 131 Å². The van der Waals surface area contributed by atoms with Gasteiger partial charge in [-0.25, -0.2) is 18.1 Å². The Hall–Kier alpha value is -1.70. The van der Waals surface area contributed by atoms with Crippen LogP contribution in [0.2, 0.25) is 0 Å². The normalized spacial score (nSPS) is 12.5. The molecule has 0 fully saturated rings. The van der Waals surface area contributed by atoms with Crippen molar-refractivity contribution in [2.45, 2.75) is 44.3 Å². The highest BCUT2D eigenvalue weighted by atomic mass is 32.2. The Morgan fingerprint density at radius 2 is 1.91 bits per heavy atom. The summed E-state index contributed by atoms with van der Waals surface area (Å²) in [6.07, 6.45) is 3.44. The highest BCUT2D eigenvalue weighted by molar-refractivity contribution is 7.89. The Bertz CT molecular complexity index is 703. The Morgan fingerprint density at radius 1 is 1.18 bits per heavy atom. The van der Waals surface area contributed by atoms with E-state index in [0.29, 0.717) is 18.0 Å². The first-order chi connectivity index (χ1) is 10.3. The van der Waals surface area contributed by atoms with Crippen LogP contribution >= 0.6 is 0 Å². The molecule has 0 amide bonds. The van der Waals surface area contributed by atoms with Crippen LogP contribution in [0.4, 0.5) is 0 Å². The number of hydrogen-bond donors (Lipinski definition) is 3. The van der Waals surface area contributed by atoms with Gasteiger partial charge in [0, 0.05) is 24.5 Å². The average Bonchev–Trinajstić information content (AvgIpc) is 2.89. The molecule has 2 rings (SSSR count). The van der Waals surface area contributed by atoms with E-state index in [1.54, 1.807) is 24.5 Å². The molecule has 0 saturated heterocycles. The van der Waals surface area contributed by atoms with Gasteiger partial charge < -0.3 is 10.3 Å². The third kappa shape index (κ3) is 4.66. The summed E-state index contributed by atoms with van der Waals surface area (Å²) >= 11 is 0. The molecule has 1 aromatic heterocycles. The Balaban J connectivity index is 2.12. The van der Waals surface area contributed by atoms with Crippen LogP contribution in [0.5, 0.6) is 0 Å². The van der Waals surface area contributed by atoms with Crippen molar-refractivity contribution >= 4 is 10.0 Å². The summed E-state index contributed by atoms with van der Waals surface area (Å²) in [6.45, 7) is 6.46. The predicted octanol–water partition coefficient (Wildman–Crippen LogP) is 1.78. The zero-order valence-electron chi connectivity index (χ0n) is 13.1. The zero-order chi connectivity index (χ0) is 16.2. The van der Waals surface area contributed by atoms with E-state index in [-0.39, 0.29) is 0 Å². The van der Waals surface area contributed by atoms with E-state index in [4.69, 9.17) is 0 Å². The van der Waals surface area contributed by atoms with Gasteiger partial charge in [0.25, 0.3) is 0 Å². The number of aromatic nitrogens is 2. The topological polar surface area (TPSA) is 86.9 Å². The molecule has 0 unspecified atom stereocenters. The molecule has 22 heavy (non-hydrogen) atoms. The van der Waals surface area contributed by atoms with Crippen LogP contribution in [0.1, 0.15) is 32.2 Å². The predicted molar refractivity (Wildman–Crippen MR) is 85.6 cm³/mol. The summed E-state index contributed by atoms with van der Waals surface area (Å²) in [7, 11) is -3.55. The maximum Gasteiger partial charge on any atom is 0.241 e. The van der Waals surface area contributed by atoms with Gasteiger partial charge >= 0.3 is 0 Å². The summed E-state index contributed by atoms with van der Waals surface area (Å²) in [6, 6.07) is 7.00. The molecule has 0 spiro atoms. The summed E-state index contributed by atoms with van der Waals surface area (Å²) in [5.41, 5.74) is 0.207. The van der Waals surface area contributed by atoms with Gasteiger partial charge in [0.1, 0.15) is 5.82 Å². The summed E-state index contributed by atoms with van der Waals surface area (Å²) in [4.78, 5) is 7.42. The van der Waals surface area contributed by atoms with Crippen LogP contribution < -0.4 is 10.0 Å². The number of aromatic amines is 1. The van der Waals surface area contributed by atoms with Crippen LogP contribution in [-0.4, -0.2) is 23.9 Å². The minimum absolute atomic E-state index is 0.303. The smallest absolute Gasteiger partial charge is 0.241 e. The second-order valence-electron chi connectivity index (χ2n) is 6.10. The Kier molecular flexibility index (Phi) is 5.00. The number of sulfonamides is 1. The number of hydrogen-bond acceptors (Lipinski definition) is 4. The maximum atomic E-state index is 12.5. The summed E-state index contributed by atoms with van der Waals surface area (Å²) in [5.74, 6) is 0.813. The molecule has 0 aliphatic rings. The lowest BCUT2D eigenvalue weighted by Gasteiger charge is -2.21. The minimum Gasteiger partial charge on any atom is -0.348 e. The third-order valence-electron chi connectivity index (χ3n) is 2.87. The van der Waals surface area contributed by atoms with Crippen LogP contribution in [0.15, 0.2) is 41.6 Å². The lowest BCUT2D eigenvalue weighted by Crippen LogP contribution is -2.40. The molecular formula is C15H22N4O2S. The van der Waals surface area contributed by atoms with Crippen molar-refractivity contribution < 1.29 is 8.42 Å². The second-order valence-corrected chi connectivity index (χ2v) is 7.75. The van der Waals surface area contributed by atoms with Crippen LogP contribution in [0.3, 0.4) is 0 Å². The van der Waals surface area contributed by atoms with E-state index in [0.717, 1.165) is 11.4 Å². The van der Waals surface area contributed by atoms with Crippen LogP contribution in [0, 0.1) is 0 Å². The molecule has 0 bridgehead atoms. The van der Waals surface area contributed by atoms with E-state index in [1.165, 1.54) is 0 Å². The molecule has 2 aromatic rings. The zero-order valence-corrected chi connectivity index (χ0v) is 13.9. The van der Waals surface area contributed by atoms with Crippen molar-refractivity contribution in [2.75, 3.05) is 0 Å². The third-order valence-corrected chi connectivity index (χ3v) is 4.72. The summed E-state index contributed by atoms with van der Waals surface area (Å²) in [5, 5.41) is 3.19. The molecule has 120 valence electrons. The standard InChI is InChI=1S/C15H22N4O2S/c1-15(2,3)19-22(20,21)13-7-5-4-6-12(13)10-16-11-14-17-8-9-18-14/h4-9,16,19H,10-11H2,1-3H3,(H,17,18).